The van der Waals surface area contributed by atoms with Gasteiger partial charge in [-0.2, -0.15) is 0 Å². The predicted molar refractivity (Wildman–Crippen MR) is 124 cm³/mol. The summed E-state index contributed by atoms with van der Waals surface area (Å²) in [7, 11) is 0. The van der Waals surface area contributed by atoms with Crippen molar-refractivity contribution >= 4 is 11.8 Å². The van der Waals surface area contributed by atoms with Crippen LogP contribution in [-0.2, 0) is 11.2 Å². The van der Waals surface area contributed by atoms with Crippen molar-refractivity contribution in [3.63, 3.8) is 0 Å². The molecule has 0 aliphatic carbocycles. The van der Waals surface area contributed by atoms with Gasteiger partial charge in [0.25, 0.3) is 5.91 Å². The number of amides is 2. The highest BCUT2D eigenvalue weighted by atomic mass is 16.2. The van der Waals surface area contributed by atoms with Crippen molar-refractivity contribution in [2.75, 3.05) is 19.6 Å². The number of pyridine rings is 2. The number of piperidine rings is 1. The molecule has 6 nitrogen and oxygen atoms in total. The van der Waals surface area contributed by atoms with Crippen molar-refractivity contribution in [2.24, 2.45) is 5.41 Å². The average Bonchev–Trinajstić information content (AvgIpc) is 2.86. The van der Waals surface area contributed by atoms with Gasteiger partial charge in [-0.05, 0) is 67.1 Å². The zero-order chi connectivity index (χ0) is 22.4. The van der Waals surface area contributed by atoms with Gasteiger partial charge in [0.1, 0.15) is 0 Å². The number of nitrogens with zero attached hydrogens (tertiary/aromatic N) is 3. The molecule has 164 valence electrons. The fourth-order valence-electron chi connectivity index (χ4n) is 4.40. The lowest BCUT2D eigenvalue weighted by molar-refractivity contribution is -0.133. The zero-order valence-corrected chi connectivity index (χ0v) is 18.3. The van der Waals surface area contributed by atoms with Gasteiger partial charge in [-0.25, -0.2) is 0 Å². The Kier molecular flexibility index (Phi) is 6.59. The molecule has 1 fully saturated rings. The second-order valence-electron chi connectivity index (χ2n) is 8.28. The summed E-state index contributed by atoms with van der Waals surface area (Å²) in [5.74, 6) is 0.0767. The molecule has 1 aromatic carbocycles. The smallest absolute Gasteiger partial charge is 0.253 e. The van der Waals surface area contributed by atoms with E-state index in [4.69, 9.17) is 0 Å². The molecule has 2 amide bonds. The Morgan fingerprint density at radius 3 is 2.03 bits per heavy atom. The lowest BCUT2D eigenvalue weighted by Gasteiger charge is -2.41. The molecule has 1 saturated heterocycles. The maximum atomic E-state index is 13.1. The van der Waals surface area contributed by atoms with Crippen molar-refractivity contribution in [1.82, 2.24) is 20.2 Å². The Morgan fingerprint density at radius 1 is 0.875 bits per heavy atom. The number of carbonyl (C=O) groups excluding carboxylic acids is 2. The van der Waals surface area contributed by atoms with E-state index in [1.807, 2.05) is 24.0 Å². The van der Waals surface area contributed by atoms with Crippen molar-refractivity contribution in [1.29, 1.82) is 0 Å². The van der Waals surface area contributed by atoms with E-state index in [-0.39, 0.29) is 11.8 Å². The summed E-state index contributed by atoms with van der Waals surface area (Å²) < 4.78 is 0. The zero-order valence-electron chi connectivity index (χ0n) is 18.3. The summed E-state index contributed by atoms with van der Waals surface area (Å²) in [5.41, 5.74) is 3.50. The highest BCUT2D eigenvalue weighted by Gasteiger charge is 2.42. The van der Waals surface area contributed by atoms with Crippen molar-refractivity contribution < 1.29 is 9.59 Å². The van der Waals surface area contributed by atoms with E-state index in [9.17, 15) is 9.59 Å². The van der Waals surface area contributed by atoms with Gasteiger partial charge in [0, 0.05) is 50.0 Å². The number of aromatic nitrogens is 2. The van der Waals surface area contributed by atoms with Gasteiger partial charge in [0.15, 0.2) is 0 Å². The minimum Gasteiger partial charge on any atom is -0.356 e. The normalized spacial score (nSPS) is 15.2. The van der Waals surface area contributed by atoms with Crippen molar-refractivity contribution in [3.05, 3.63) is 84.4 Å². The first-order valence-electron chi connectivity index (χ1n) is 11.1. The predicted octanol–water partition coefficient (Wildman–Crippen LogP) is 3.74. The van der Waals surface area contributed by atoms with E-state index in [1.165, 1.54) is 0 Å². The average molecular weight is 429 g/mol. The van der Waals surface area contributed by atoms with Crippen molar-refractivity contribution in [2.45, 2.75) is 26.2 Å². The number of hydrogen-bond acceptors (Lipinski definition) is 4. The SMILES string of the molecule is CCNC(=O)C1(Cc2ccc(-c3ccncc3)cc2)CCN(C(=O)c2ccncc2)CC1. The van der Waals surface area contributed by atoms with E-state index in [1.54, 1.807) is 36.9 Å². The van der Waals surface area contributed by atoms with Crippen LogP contribution < -0.4 is 5.32 Å². The van der Waals surface area contributed by atoms with Gasteiger partial charge in [-0.15, -0.1) is 0 Å². The lowest BCUT2D eigenvalue weighted by atomic mass is 9.72. The standard InChI is InChI=1S/C26H28N4O2/c1-2-29-25(32)26(11-17-30(18-12-26)24(31)23-9-15-28-16-10-23)19-20-3-5-21(6-4-20)22-7-13-27-14-8-22/h3-10,13-16H,2,11-12,17-19H2,1H3,(H,29,32). The Hall–Kier alpha value is -3.54. The maximum absolute atomic E-state index is 13.1. The molecule has 0 spiro atoms. The molecule has 32 heavy (non-hydrogen) atoms. The third-order valence-corrected chi connectivity index (χ3v) is 6.26. The number of carbonyl (C=O) groups is 2. The van der Waals surface area contributed by atoms with Crippen LogP contribution in [0.3, 0.4) is 0 Å². The second-order valence-corrected chi connectivity index (χ2v) is 8.28. The number of hydrogen-bond donors (Lipinski definition) is 1. The monoisotopic (exact) mass is 428 g/mol. The molecule has 1 N–H and O–H groups in total. The fourth-order valence-corrected chi connectivity index (χ4v) is 4.40. The summed E-state index contributed by atoms with van der Waals surface area (Å²) in [6, 6.07) is 15.8. The molecule has 4 rings (SSSR count). The van der Waals surface area contributed by atoms with Crippen LogP contribution in [0.2, 0.25) is 0 Å². The van der Waals surface area contributed by atoms with Crippen LogP contribution in [0.15, 0.2) is 73.3 Å². The Bertz CT molecular complexity index is 1040. The number of likely N-dealkylation sites (tertiary alicyclic amines) is 1. The largest absolute Gasteiger partial charge is 0.356 e. The summed E-state index contributed by atoms with van der Waals surface area (Å²) in [6.45, 7) is 3.67. The molecule has 3 aromatic rings. The second kappa shape index (κ2) is 9.73. The highest BCUT2D eigenvalue weighted by molar-refractivity contribution is 5.94. The van der Waals surface area contributed by atoms with Crippen LogP contribution >= 0.6 is 0 Å². The summed E-state index contributed by atoms with van der Waals surface area (Å²) >= 11 is 0. The number of benzene rings is 1. The first-order chi connectivity index (χ1) is 15.6. The molecule has 0 saturated carbocycles. The molecule has 2 aromatic heterocycles. The Morgan fingerprint density at radius 2 is 1.44 bits per heavy atom. The first kappa shape index (κ1) is 21.7. The molecular weight excluding hydrogens is 400 g/mol. The summed E-state index contributed by atoms with van der Waals surface area (Å²) in [5, 5.41) is 3.03. The van der Waals surface area contributed by atoms with Gasteiger partial charge in [-0.3, -0.25) is 19.6 Å². The topological polar surface area (TPSA) is 75.2 Å². The summed E-state index contributed by atoms with van der Waals surface area (Å²) in [4.78, 5) is 35.9. The molecule has 1 aliphatic rings. The third-order valence-electron chi connectivity index (χ3n) is 6.26. The molecule has 3 heterocycles. The third kappa shape index (κ3) is 4.69. The lowest BCUT2D eigenvalue weighted by Crippen LogP contribution is -2.51. The van der Waals surface area contributed by atoms with Crippen LogP contribution in [0.5, 0.6) is 0 Å². The molecular formula is C26H28N4O2. The summed E-state index contributed by atoms with van der Waals surface area (Å²) in [6.07, 6.45) is 8.77. The number of nitrogens with one attached hydrogen (secondary N) is 1. The molecule has 6 heteroatoms. The van der Waals surface area contributed by atoms with E-state index in [0.29, 0.717) is 44.5 Å². The van der Waals surface area contributed by atoms with Crippen LogP contribution in [-0.4, -0.2) is 46.3 Å². The van der Waals surface area contributed by atoms with Gasteiger partial charge in [0.05, 0.1) is 5.41 Å². The molecule has 0 atom stereocenters. The highest BCUT2D eigenvalue weighted by Crippen LogP contribution is 2.36. The Labute approximate surface area is 188 Å². The van der Waals surface area contributed by atoms with Crippen LogP contribution in [0.25, 0.3) is 11.1 Å². The maximum Gasteiger partial charge on any atom is 0.253 e. The van der Waals surface area contributed by atoms with Crippen LogP contribution in [0.4, 0.5) is 0 Å². The minimum absolute atomic E-state index is 0.00129. The molecule has 1 aliphatic heterocycles. The fraction of sp³-hybridized carbons (Fsp3) is 0.308. The molecule has 0 bridgehead atoms. The Balaban J connectivity index is 1.49. The van der Waals surface area contributed by atoms with E-state index in [2.05, 4.69) is 39.6 Å². The number of rotatable bonds is 6. The van der Waals surface area contributed by atoms with Crippen LogP contribution in [0.1, 0.15) is 35.7 Å². The molecule has 0 radical (unpaired) electrons. The van der Waals surface area contributed by atoms with Crippen LogP contribution in [0, 0.1) is 5.41 Å². The molecule has 0 unspecified atom stereocenters. The van der Waals surface area contributed by atoms with E-state index >= 15 is 0 Å². The van der Waals surface area contributed by atoms with Crippen molar-refractivity contribution in [3.8, 4) is 11.1 Å². The van der Waals surface area contributed by atoms with Gasteiger partial charge < -0.3 is 10.2 Å². The van der Waals surface area contributed by atoms with E-state index in [0.717, 1.165) is 16.7 Å². The van der Waals surface area contributed by atoms with Gasteiger partial charge in [-0.1, -0.05) is 24.3 Å². The minimum atomic E-state index is -0.511. The quantitative estimate of drug-likeness (QED) is 0.649. The van der Waals surface area contributed by atoms with Gasteiger partial charge in [0.2, 0.25) is 5.91 Å². The van der Waals surface area contributed by atoms with Gasteiger partial charge >= 0.3 is 0 Å². The van der Waals surface area contributed by atoms with E-state index < -0.39 is 5.41 Å². The first-order valence-corrected chi connectivity index (χ1v) is 11.1.